The van der Waals surface area contributed by atoms with Gasteiger partial charge in [-0.2, -0.15) is 0 Å². The van der Waals surface area contributed by atoms with E-state index in [0.29, 0.717) is 22.5 Å². The lowest BCUT2D eigenvalue weighted by Gasteiger charge is -2.15. The first kappa shape index (κ1) is 26.1. The monoisotopic (exact) mass is 533 g/mol. The summed E-state index contributed by atoms with van der Waals surface area (Å²) < 4.78 is 9.33. The summed E-state index contributed by atoms with van der Waals surface area (Å²) in [5, 5.41) is 5.22. The molecule has 0 bridgehead atoms. The molecule has 38 heavy (non-hydrogen) atoms. The number of methoxy groups -OCH3 is 2. The summed E-state index contributed by atoms with van der Waals surface area (Å²) in [6, 6.07) is 18.1. The lowest BCUT2D eigenvalue weighted by Crippen LogP contribution is -2.32. The average Bonchev–Trinajstić information content (AvgIpc) is 3.15. The molecule has 0 atom stereocenters. The van der Waals surface area contributed by atoms with Crippen molar-refractivity contribution >= 4 is 58.3 Å². The van der Waals surface area contributed by atoms with Gasteiger partial charge in [0, 0.05) is 16.9 Å². The summed E-state index contributed by atoms with van der Waals surface area (Å²) in [5.41, 5.74) is 1.77. The third-order valence-corrected chi connectivity index (χ3v) is 5.88. The Hall–Kier alpha value is -4.96. The highest BCUT2D eigenvalue weighted by Gasteiger charge is 2.39. The van der Waals surface area contributed by atoms with Gasteiger partial charge in [-0.05, 0) is 66.7 Å². The van der Waals surface area contributed by atoms with Crippen molar-refractivity contribution in [1.82, 2.24) is 0 Å². The molecular weight excluding hydrogens is 514 g/mol. The minimum absolute atomic E-state index is 0.134. The van der Waals surface area contributed by atoms with Crippen LogP contribution in [0.4, 0.5) is 17.1 Å². The Morgan fingerprint density at radius 2 is 1.34 bits per heavy atom. The molecule has 0 spiro atoms. The first-order valence-electron chi connectivity index (χ1n) is 11.1. The van der Waals surface area contributed by atoms with Crippen LogP contribution in [-0.4, -0.2) is 43.9 Å². The molecular formula is C27H20ClN3O7. The Morgan fingerprint density at radius 1 is 0.737 bits per heavy atom. The largest absolute Gasteiger partial charge is 0.465 e. The molecule has 1 heterocycles. The van der Waals surface area contributed by atoms with Gasteiger partial charge in [-0.3, -0.25) is 14.4 Å². The quantitative estimate of drug-likeness (QED) is 0.345. The summed E-state index contributed by atoms with van der Waals surface area (Å²) in [7, 11) is 2.51. The molecule has 4 rings (SSSR count). The average molecular weight is 534 g/mol. The summed E-state index contributed by atoms with van der Waals surface area (Å²) in [4.78, 5) is 62.6. The summed E-state index contributed by atoms with van der Waals surface area (Å²) in [6.07, 6.45) is 0. The zero-order valence-corrected chi connectivity index (χ0v) is 20.9. The number of rotatable bonds is 7. The summed E-state index contributed by atoms with van der Waals surface area (Å²) >= 11 is 6.17. The second-order valence-electron chi connectivity index (χ2n) is 7.90. The molecule has 0 aliphatic carbocycles. The number of nitrogens with one attached hydrogen (secondary N) is 2. The molecule has 0 unspecified atom stereocenters. The Labute approximate surface area is 221 Å². The fraction of sp³-hybridized carbons (Fsp3) is 0.0741. The Bertz CT molecular complexity index is 1480. The van der Waals surface area contributed by atoms with E-state index in [1.54, 1.807) is 30.3 Å². The maximum absolute atomic E-state index is 13.0. The van der Waals surface area contributed by atoms with E-state index < -0.39 is 29.7 Å². The van der Waals surface area contributed by atoms with E-state index in [9.17, 15) is 24.0 Å². The van der Waals surface area contributed by atoms with E-state index in [1.165, 1.54) is 56.7 Å². The molecule has 0 saturated carbocycles. The van der Waals surface area contributed by atoms with Crippen LogP contribution in [0.25, 0.3) is 0 Å². The number of carbonyl (C=O) groups is 5. The Morgan fingerprint density at radius 3 is 1.97 bits per heavy atom. The molecule has 2 N–H and O–H groups in total. The van der Waals surface area contributed by atoms with Crippen molar-refractivity contribution in [3.05, 3.63) is 100 Å². The summed E-state index contributed by atoms with van der Waals surface area (Å²) in [5.74, 6) is -2.92. The fourth-order valence-corrected chi connectivity index (χ4v) is 3.82. The number of halogens is 1. The maximum atomic E-state index is 13.0. The van der Waals surface area contributed by atoms with Crippen LogP contribution in [0, 0.1) is 0 Å². The number of benzene rings is 3. The predicted octanol–water partition coefficient (Wildman–Crippen LogP) is 3.95. The van der Waals surface area contributed by atoms with Crippen molar-refractivity contribution in [1.29, 1.82) is 0 Å². The van der Waals surface area contributed by atoms with Crippen molar-refractivity contribution in [2.75, 3.05) is 29.8 Å². The van der Waals surface area contributed by atoms with Crippen LogP contribution in [0.5, 0.6) is 0 Å². The molecule has 3 amide bonds. The lowest BCUT2D eigenvalue weighted by atomic mass is 10.1. The van der Waals surface area contributed by atoms with Crippen LogP contribution in [0.2, 0.25) is 0 Å². The standard InChI is InChI=1S/C27H20ClN3O7/c1-37-26(35)16-8-12-20(13-9-16)31-24(33)21(28)22(25(31)34)29-18-10-6-15(7-11-18)23(32)30-19-5-3-4-17(14-19)27(36)38-2/h3-14,29H,1-2H3,(H,30,32). The van der Waals surface area contributed by atoms with Crippen LogP contribution >= 0.6 is 11.6 Å². The molecule has 1 aliphatic rings. The van der Waals surface area contributed by atoms with Gasteiger partial charge in [0.25, 0.3) is 17.7 Å². The first-order chi connectivity index (χ1) is 18.2. The van der Waals surface area contributed by atoms with Crippen molar-refractivity contribution in [3.63, 3.8) is 0 Å². The molecule has 192 valence electrons. The second kappa shape index (κ2) is 11.0. The zero-order chi connectivity index (χ0) is 27.4. The van der Waals surface area contributed by atoms with E-state index in [2.05, 4.69) is 20.1 Å². The SMILES string of the molecule is COC(=O)c1ccc(N2C(=O)C(Cl)=C(Nc3ccc(C(=O)Nc4cccc(C(=O)OC)c4)cc3)C2=O)cc1. The van der Waals surface area contributed by atoms with Crippen molar-refractivity contribution < 1.29 is 33.4 Å². The normalized spacial score (nSPS) is 12.9. The fourth-order valence-electron chi connectivity index (χ4n) is 3.60. The number of hydrogen-bond donors (Lipinski definition) is 2. The number of esters is 2. The van der Waals surface area contributed by atoms with Crippen LogP contribution in [-0.2, 0) is 19.1 Å². The second-order valence-corrected chi connectivity index (χ2v) is 8.28. The smallest absolute Gasteiger partial charge is 0.337 e. The van der Waals surface area contributed by atoms with E-state index in [4.69, 9.17) is 11.6 Å². The Kier molecular flexibility index (Phi) is 7.54. The van der Waals surface area contributed by atoms with Gasteiger partial charge in [0.05, 0.1) is 31.0 Å². The van der Waals surface area contributed by atoms with Crippen molar-refractivity contribution in [2.45, 2.75) is 0 Å². The van der Waals surface area contributed by atoms with Gasteiger partial charge >= 0.3 is 11.9 Å². The molecule has 1 aliphatic heterocycles. The van der Waals surface area contributed by atoms with Gasteiger partial charge in [-0.1, -0.05) is 17.7 Å². The number of ether oxygens (including phenoxy) is 2. The van der Waals surface area contributed by atoms with Gasteiger partial charge in [-0.25, -0.2) is 14.5 Å². The van der Waals surface area contributed by atoms with Gasteiger partial charge in [0.15, 0.2) is 0 Å². The van der Waals surface area contributed by atoms with Gasteiger partial charge in [-0.15, -0.1) is 0 Å². The lowest BCUT2D eigenvalue weighted by molar-refractivity contribution is -0.120. The van der Waals surface area contributed by atoms with Gasteiger partial charge in [0.2, 0.25) is 0 Å². The molecule has 3 aromatic rings. The van der Waals surface area contributed by atoms with E-state index in [-0.39, 0.29) is 22.0 Å². The van der Waals surface area contributed by atoms with E-state index >= 15 is 0 Å². The predicted molar refractivity (Wildman–Crippen MR) is 139 cm³/mol. The van der Waals surface area contributed by atoms with Gasteiger partial charge < -0.3 is 20.1 Å². The van der Waals surface area contributed by atoms with Gasteiger partial charge in [0.1, 0.15) is 10.7 Å². The van der Waals surface area contributed by atoms with E-state index in [0.717, 1.165) is 4.90 Å². The number of amides is 3. The van der Waals surface area contributed by atoms with Crippen molar-refractivity contribution in [2.24, 2.45) is 0 Å². The number of hydrogen-bond acceptors (Lipinski definition) is 8. The molecule has 0 aromatic heterocycles. The van der Waals surface area contributed by atoms with Crippen LogP contribution in [0.15, 0.2) is 83.5 Å². The molecule has 3 aromatic carbocycles. The minimum atomic E-state index is -0.727. The third-order valence-electron chi connectivity index (χ3n) is 5.53. The summed E-state index contributed by atoms with van der Waals surface area (Å²) in [6.45, 7) is 0. The number of imide groups is 1. The highest BCUT2D eigenvalue weighted by atomic mass is 35.5. The van der Waals surface area contributed by atoms with Crippen LogP contribution in [0.3, 0.4) is 0 Å². The maximum Gasteiger partial charge on any atom is 0.337 e. The van der Waals surface area contributed by atoms with Crippen LogP contribution in [0.1, 0.15) is 31.1 Å². The van der Waals surface area contributed by atoms with Crippen LogP contribution < -0.4 is 15.5 Å². The molecule has 0 saturated heterocycles. The Balaban J connectivity index is 1.45. The first-order valence-corrected chi connectivity index (χ1v) is 11.4. The molecule has 10 nitrogen and oxygen atoms in total. The molecule has 0 fully saturated rings. The highest BCUT2D eigenvalue weighted by Crippen LogP contribution is 2.30. The number of nitrogens with zero attached hydrogens (tertiary/aromatic N) is 1. The molecule has 11 heteroatoms. The minimum Gasteiger partial charge on any atom is -0.465 e. The zero-order valence-electron chi connectivity index (χ0n) is 20.1. The number of anilines is 3. The third kappa shape index (κ3) is 5.25. The highest BCUT2D eigenvalue weighted by molar-refractivity contribution is 6.53. The van der Waals surface area contributed by atoms with E-state index in [1.807, 2.05) is 0 Å². The molecule has 0 radical (unpaired) electrons. The topological polar surface area (TPSA) is 131 Å². The van der Waals surface area contributed by atoms with Crippen molar-refractivity contribution in [3.8, 4) is 0 Å². The number of carbonyl (C=O) groups excluding carboxylic acids is 5.